The number of hydrogen-bond acceptors (Lipinski definition) is 7. The topological polar surface area (TPSA) is 119 Å². The van der Waals surface area contributed by atoms with Crippen molar-refractivity contribution in [2.45, 2.75) is 26.2 Å². The first-order chi connectivity index (χ1) is 15.4. The van der Waals surface area contributed by atoms with Crippen molar-refractivity contribution in [2.24, 2.45) is 5.92 Å². The largest absolute Gasteiger partial charge is 0.483 e. The lowest BCUT2D eigenvalue weighted by Crippen LogP contribution is -2.37. The van der Waals surface area contributed by atoms with Gasteiger partial charge in [-0.05, 0) is 50.8 Å². The highest BCUT2D eigenvalue weighted by atomic mass is 16.3. The molecule has 0 unspecified atom stereocenters. The van der Waals surface area contributed by atoms with Crippen LogP contribution in [0.25, 0.3) is 0 Å². The Hall–Kier alpha value is -3.20. The highest BCUT2D eigenvalue weighted by Crippen LogP contribution is 2.19. The lowest BCUT2D eigenvalue weighted by atomic mass is 9.96. The number of nitrogens with zero attached hydrogens (tertiary/aromatic N) is 4. The Labute approximate surface area is 190 Å². The van der Waals surface area contributed by atoms with E-state index < -0.39 is 0 Å². The summed E-state index contributed by atoms with van der Waals surface area (Å²) < 4.78 is 0. The normalized spacial score (nSPS) is 13.6. The summed E-state index contributed by atoms with van der Waals surface area (Å²) >= 11 is 0. The van der Waals surface area contributed by atoms with E-state index in [0.29, 0.717) is 5.92 Å². The van der Waals surface area contributed by atoms with Crippen molar-refractivity contribution in [1.29, 1.82) is 0 Å². The van der Waals surface area contributed by atoms with Crippen LogP contribution in [0, 0.1) is 12.8 Å². The molecule has 0 spiro atoms. The van der Waals surface area contributed by atoms with E-state index in [4.69, 9.17) is 19.8 Å². The van der Waals surface area contributed by atoms with E-state index in [2.05, 4.69) is 50.5 Å². The quantitative estimate of drug-likeness (QED) is 0.553. The summed E-state index contributed by atoms with van der Waals surface area (Å²) in [7, 11) is 4.04. The minimum atomic E-state index is -0.250. The average molecular weight is 446 g/mol. The maximum absolute atomic E-state index is 8.36. The summed E-state index contributed by atoms with van der Waals surface area (Å²) in [6.07, 6.45) is 5.54. The second-order valence-corrected chi connectivity index (χ2v) is 7.71. The molecule has 1 aliphatic heterocycles. The Balaban J connectivity index is 0.000000769. The van der Waals surface area contributed by atoms with Crippen LogP contribution in [-0.4, -0.2) is 78.3 Å². The van der Waals surface area contributed by atoms with Gasteiger partial charge in [-0.15, -0.1) is 0 Å². The van der Waals surface area contributed by atoms with Crippen molar-refractivity contribution in [3.8, 4) is 0 Å². The molecule has 3 N–H and O–H groups in total. The second kappa shape index (κ2) is 15.6. The molecule has 0 bridgehead atoms. The first-order valence-corrected chi connectivity index (χ1v) is 10.6. The Bertz CT molecular complexity index is 775. The zero-order valence-electron chi connectivity index (χ0n) is 19.1. The molecule has 3 rings (SSSR count). The van der Waals surface area contributed by atoms with Crippen LogP contribution in [0.3, 0.4) is 0 Å². The van der Waals surface area contributed by atoms with Crippen LogP contribution in [0.1, 0.15) is 24.0 Å². The van der Waals surface area contributed by atoms with E-state index in [9.17, 15) is 0 Å². The van der Waals surface area contributed by atoms with Crippen molar-refractivity contribution in [3.05, 3.63) is 47.7 Å². The van der Waals surface area contributed by atoms with Crippen molar-refractivity contribution in [3.63, 3.8) is 0 Å². The summed E-state index contributed by atoms with van der Waals surface area (Å²) in [4.78, 5) is 30.4. The molecule has 0 saturated carbocycles. The molecule has 0 amide bonds. The average Bonchev–Trinajstić information content (AvgIpc) is 2.79. The zero-order valence-corrected chi connectivity index (χ0v) is 19.1. The minimum Gasteiger partial charge on any atom is -0.483 e. The molecule has 1 aliphatic rings. The van der Waals surface area contributed by atoms with Crippen molar-refractivity contribution in [2.75, 3.05) is 50.5 Å². The summed E-state index contributed by atoms with van der Waals surface area (Å²) in [5.74, 6) is 2.43. The molecule has 1 aromatic heterocycles. The third kappa shape index (κ3) is 10.2. The number of nitrogens with one attached hydrogen (secondary N) is 1. The van der Waals surface area contributed by atoms with Crippen LogP contribution in [0.4, 0.5) is 11.8 Å². The summed E-state index contributed by atoms with van der Waals surface area (Å²) in [5, 5.41) is 17.2. The monoisotopic (exact) mass is 445 g/mol. The molecule has 0 radical (unpaired) electrons. The first kappa shape index (κ1) is 26.8. The number of likely N-dealkylation sites (tertiary alicyclic amines) is 1. The van der Waals surface area contributed by atoms with Crippen LogP contribution in [-0.2, 0) is 16.0 Å². The lowest BCUT2D eigenvalue weighted by Gasteiger charge is -2.32. The molecule has 2 aromatic rings. The fourth-order valence-electron chi connectivity index (χ4n) is 3.55. The fraction of sp³-hybridized carbons (Fsp3) is 0.478. The second-order valence-electron chi connectivity index (χ2n) is 7.71. The predicted octanol–water partition coefficient (Wildman–Crippen LogP) is 2.62. The first-order valence-electron chi connectivity index (χ1n) is 10.6. The standard InChI is InChI=1S/C21H31N5.2CH2O2/c1-17-15-22-21(24-20(17)25(2)3)23-16-19-10-13-26(14-11-19)12-9-18-7-5-4-6-8-18;2*2-1-3/h4-8,15,19H,9-14,16H2,1-3H3,(H,22,23,24);2*1H,(H,2,3). The SMILES string of the molecule is Cc1cnc(NCC2CCN(CCc3ccccc3)CC2)nc1N(C)C.O=CO.O=CO. The number of carbonyl (C=O) groups is 2. The maximum Gasteiger partial charge on any atom is 0.290 e. The molecule has 2 heterocycles. The van der Waals surface area contributed by atoms with Gasteiger partial charge in [-0.25, -0.2) is 4.98 Å². The summed E-state index contributed by atoms with van der Waals surface area (Å²) in [6, 6.07) is 10.8. The van der Waals surface area contributed by atoms with Gasteiger partial charge in [0.1, 0.15) is 5.82 Å². The Morgan fingerprint density at radius 1 is 1.12 bits per heavy atom. The number of hydrogen-bond donors (Lipinski definition) is 3. The number of benzene rings is 1. The number of carboxylic acid groups (broad SMARTS) is 2. The van der Waals surface area contributed by atoms with Gasteiger partial charge in [0.05, 0.1) is 0 Å². The van der Waals surface area contributed by atoms with Crippen LogP contribution < -0.4 is 10.2 Å². The van der Waals surface area contributed by atoms with E-state index in [-0.39, 0.29) is 12.9 Å². The third-order valence-electron chi connectivity index (χ3n) is 5.18. The van der Waals surface area contributed by atoms with E-state index >= 15 is 0 Å². The van der Waals surface area contributed by atoms with Gasteiger partial charge < -0.3 is 25.3 Å². The van der Waals surface area contributed by atoms with Gasteiger partial charge in [-0.2, -0.15) is 4.98 Å². The van der Waals surface area contributed by atoms with Crippen LogP contribution >= 0.6 is 0 Å². The van der Waals surface area contributed by atoms with E-state index in [0.717, 1.165) is 36.8 Å². The zero-order chi connectivity index (χ0) is 23.8. The number of piperidine rings is 1. The van der Waals surface area contributed by atoms with Gasteiger partial charge in [0.2, 0.25) is 5.95 Å². The van der Waals surface area contributed by atoms with Crippen molar-refractivity contribution < 1.29 is 19.8 Å². The number of anilines is 2. The van der Waals surface area contributed by atoms with Crippen molar-refractivity contribution in [1.82, 2.24) is 14.9 Å². The molecule has 9 heteroatoms. The fourth-order valence-corrected chi connectivity index (χ4v) is 3.55. The Morgan fingerprint density at radius 2 is 1.72 bits per heavy atom. The molecule has 1 saturated heterocycles. The van der Waals surface area contributed by atoms with Crippen molar-refractivity contribution >= 4 is 24.7 Å². The van der Waals surface area contributed by atoms with E-state index in [1.807, 2.05) is 32.1 Å². The summed E-state index contributed by atoms with van der Waals surface area (Å²) in [6.45, 7) is 6.05. The Morgan fingerprint density at radius 3 is 2.28 bits per heavy atom. The van der Waals surface area contributed by atoms with E-state index in [1.54, 1.807) is 0 Å². The molecule has 0 aliphatic carbocycles. The van der Waals surface area contributed by atoms with Gasteiger partial charge in [-0.3, -0.25) is 9.59 Å². The molecule has 0 atom stereocenters. The molecular weight excluding hydrogens is 410 g/mol. The van der Waals surface area contributed by atoms with Crippen LogP contribution in [0.5, 0.6) is 0 Å². The van der Waals surface area contributed by atoms with Gasteiger partial charge in [-0.1, -0.05) is 30.3 Å². The predicted molar refractivity (Wildman–Crippen MR) is 126 cm³/mol. The molecule has 1 aromatic carbocycles. The van der Waals surface area contributed by atoms with Crippen LogP contribution in [0.2, 0.25) is 0 Å². The van der Waals surface area contributed by atoms with Gasteiger partial charge >= 0.3 is 0 Å². The van der Waals surface area contributed by atoms with Gasteiger partial charge in [0.25, 0.3) is 12.9 Å². The van der Waals surface area contributed by atoms with Gasteiger partial charge in [0, 0.05) is 38.9 Å². The van der Waals surface area contributed by atoms with Crippen LogP contribution in [0.15, 0.2) is 36.5 Å². The maximum atomic E-state index is 8.36. The number of rotatable bonds is 7. The molecule has 1 fully saturated rings. The molecule has 32 heavy (non-hydrogen) atoms. The molecule has 176 valence electrons. The highest BCUT2D eigenvalue weighted by molar-refractivity contribution is 5.47. The molecule has 9 nitrogen and oxygen atoms in total. The summed E-state index contributed by atoms with van der Waals surface area (Å²) in [5.41, 5.74) is 2.54. The van der Waals surface area contributed by atoms with Gasteiger partial charge in [0.15, 0.2) is 0 Å². The highest BCUT2D eigenvalue weighted by Gasteiger charge is 2.19. The molecular formula is C23H35N5O4. The Kier molecular flexibility index (Phi) is 13.1. The third-order valence-corrected chi connectivity index (χ3v) is 5.18. The smallest absolute Gasteiger partial charge is 0.290 e. The number of aryl methyl sites for hydroxylation is 1. The minimum absolute atomic E-state index is 0.250. The number of aromatic nitrogens is 2. The lowest BCUT2D eigenvalue weighted by molar-refractivity contribution is -0.123. The van der Waals surface area contributed by atoms with E-state index in [1.165, 1.54) is 31.5 Å².